The highest BCUT2D eigenvalue weighted by Crippen LogP contribution is 2.30. The van der Waals surface area contributed by atoms with E-state index in [0.717, 1.165) is 28.1 Å². The van der Waals surface area contributed by atoms with Gasteiger partial charge in [-0.2, -0.15) is 0 Å². The normalized spacial score (nSPS) is 11.5. The van der Waals surface area contributed by atoms with Crippen molar-refractivity contribution in [3.8, 4) is 22.5 Å². The molecule has 2 aromatic carbocycles. The van der Waals surface area contributed by atoms with Crippen molar-refractivity contribution in [2.75, 3.05) is 0 Å². The molecule has 0 fully saturated rings. The summed E-state index contributed by atoms with van der Waals surface area (Å²) in [6.07, 6.45) is 0.687. The van der Waals surface area contributed by atoms with E-state index in [1.54, 1.807) is 0 Å². The Balaban J connectivity index is 1.55. The van der Waals surface area contributed by atoms with Crippen LogP contribution in [0.1, 0.15) is 44.5 Å². The van der Waals surface area contributed by atoms with Crippen LogP contribution < -0.4 is 11.2 Å². The zero-order chi connectivity index (χ0) is 24.5. The largest absolute Gasteiger partial charge is 0.330 e. The van der Waals surface area contributed by atoms with Gasteiger partial charge in [0.15, 0.2) is 17.0 Å². The Kier molecular flexibility index (Phi) is 5.86. The van der Waals surface area contributed by atoms with Gasteiger partial charge in [0.2, 0.25) is 0 Å². The monoisotopic (exact) mass is 470 g/mol. The lowest BCUT2D eigenvalue weighted by Gasteiger charge is -2.13. The molecule has 35 heavy (non-hydrogen) atoms. The standard InChI is InChI=1S/C25H26N8O2/c1-4-13-32-24(34)20-22(27-25(32)35)26-23(15(2)3)33(20)14-16-9-11-17(12-10-16)18-7-5-6-8-19(18)21-28-30-31-29-21/h5-12,15H,4,13-14H2,1-3H3,(H,27,35)(H,28,29,30,31). The van der Waals surface area contributed by atoms with E-state index in [1.807, 2.05) is 73.9 Å². The number of rotatable bonds is 7. The first-order valence-corrected chi connectivity index (χ1v) is 11.6. The van der Waals surface area contributed by atoms with Crippen molar-refractivity contribution in [2.45, 2.75) is 46.2 Å². The van der Waals surface area contributed by atoms with E-state index in [2.05, 4.69) is 30.6 Å². The smallest absolute Gasteiger partial charge is 0.317 e. The fraction of sp³-hybridized carbons (Fsp3) is 0.280. The lowest BCUT2D eigenvalue weighted by Crippen LogP contribution is -2.35. The fourth-order valence-electron chi connectivity index (χ4n) is 4.38. The molecule has 3 aromatic heterocycles. The van der Waals surface area contributed by atoms with Crippen LogP contribution in [0.4, 0.5) is 0 Å². The molecule has 0 unspecified atom stereocenters. The molecular weight excluding hydrogens is 444 g/mol. The molecule has 5 rings (SSSR count). The van der Waals surface area contributed by atoms with E-state index in [0.29, 0.717) is 36.5 Å². The number of aromatic nitrogens is 8. The van der Waals surface area contributed by atoms with E-state index in [4.69, 9.17) is 0 Å². The van der Waals surface area contributed by atoms with Gasteiger partial charge in [-0.25, -0.2) is 14.9 Å². The molecule has 0 saturated carbocycles. The van der Waals surface area contributed by atoms with Gasteiger partial charge >= 0.3 is 5.69 Å². The summed E-state index contributed by atoms with van der Waals surface area (Å²) in [7, 11) is 0. The highest BCUT2D eigenvalue weighted by molar-refractivity contribution is 5.80. The van der Waals surface area contributed by atoms with Crippen LogP contribution in [0.15, 0.2) is 58.1 Å². The Hall–Kier alpha value is -4.34. The van der Waals surface area contributed by atoms with Crippen molar-refractivity contribution in [2.24, 2.45) is 0 Å². The number of benzene rings is 2. The molecule has 0 saturated heterocycles. The van der Waals surface area contributed by atoms with Crippen molar-refractivity contribution in [3.63, 3.8) is 0 Å². The summed E-state index contributed by atoms with van der Waals surface area (Å²) in [6, 6.07) is 16.1. The van der Waals surface area contributed by atoms with Crippen LogP contribution in [0.25, 0.3) is 33.7 Å². The minimum atomic E-state index is -0.422. The summed E-state index contributed by atoms with van der Waals surface area (Å²) in [5.74, 6) is 1.44. The summed E-state index contributed by atoms with van der Waals surface area (Å²) < 4.78 is 3.18. The van der Waals surface area contributed by atoms with Crippen molar-refractivity contribution >= 4 is 11.2 Å². The van der Waals surface area contributed by atoms with Gasteiger partial charge in [-0.15, -0.1) is 5.10 Å². The molecule has 10 heteroatoms. The van der Waals surface area contributed by atoms with Gasteiger partial charge in [-0.3, -0.25) is 14.3 Å². The molecule has 0 atom stereocenters. The molecule has 0 amide bonds. The molecule has 0 radical (unpaired) electrons. The van der Waals surface area contributed by atoms with E-state index in [9.17, 15) is 9.59 Å². The van der Waals surface area contributed by atoms with Gasteiger partial charge in [0.05, 0.1) is 0 Å². The number of hydrogen-bond acceptors (Lipinski definition) is 6. The maximum atomic E-state index is 13.2. The van der Waals surface area contributed by atoms with Gasteiger partial charge in [0.1, 0.15) is 5.82 Å². The second kappa shape index (κ2) is 9.13. The highest BCUT2D eigenvalue weighted by Gasteiger charge is 2.20. The van der Waals surface area contributed by atoms with Crippen LogP contribution in [0.5, 0.6) is 0 Å². The maximum Gasteiger partial charge on any atom is 0.330 e. The number of tetrazole rings is 1. The SMILES string of the molecule is CCCn1c(=O)[nH]c2nc(C(C)C)n(Cc3ccc(-c4ccccc4-c4nnn[nH]4)cc3)c2c1=O. The first-order valence-electron chi connectivity index (χ1n) is 11.6. The van der Waals surface area contributed by atoms with Crippen molar-refractivity contribution in [1.82, 2.24) is 39.7 Å². The molecule has 0 aliphatic heterocycles. The van der Waals surface area contributed by atoms with E-state index in [1.165, 1.54) is 4.57 Å². The van der Waals surface area contributed by atoms with E-state index >= 15 is 0 Å². The topological polar surface area (TPSA) is 127 Å². The van der Waals surface area contributed by atoms with Crippen LogP contribution in [0.3, 0.4) is 0 Å². The number of hydrogen-bond donors (Lipinski definition) is 2. The number of imidazole rings is 1. The molecule has 3 heterocycles. The quantitative estimate of drug-likeness (QED) is 0.376. The zero-order valence-corrected chi connectivity index (χ0v) is 19.8. The Morgan fingerprint density at radius 2 is 1.71 bits per heavy atom. The Bertz CT molecular complexity index is 1590. The number of H-pyrrole nitrogens is 2. The predicted molar refractivity (Wildman–Crippen MR) is 133 cm³/mol. The Labute approximate surface area is 200 Å². The first-order chi connectivity index (χ1) is 17.0. The highest BCUT2D eigenvalue weighted by atomic mass is 16.2. The summed E-state index contributed by atoms with van der Waals surface area (Å²) in [5.41, 5.74) is 3.99. The second-order valence-corrected chi connectivity index (χ2v) is 8.79. The molecule has 0 aliphatic carbocycles. The summed E-state index contributed by atoms with van der Waals surface area (Å²) in [6.45, 7) is 6.82. The predicted octanol–water partition coefficient (Wildman–Crippen LogP) is 3.32. The third-order valence-corrected chi connectivity index (χ3v) is 6.01. The molecule has 0 aliphatic rings. The third-order valence-electron chi connectivity index (χ3n) is 6.01. The van der Waals surface area contributed by atoms with E-state index in [-0.39, 0.29) is 11.5 Å². The number of fused-ring (bicyclic) bond motifs is 1. The molecule has 178 valence electrons. The summed E-state index contributed by atoms with van der Waals surface area (Å²) >= 11 is 0. The second-order valence-electron chi connectivity index (χ2n) is 8.79. The lowest BCUT2D eigenvalue weighted by molar-refractivity contribution is 0.617. The molecule has 0 spiro atoms. The van der Waals surface area contributed by atoms with Gasteiger partial charge in [-0.1, -0.05) is 69.3 Å². The number of nitrogens with zero attached hydrogens (tertiary/aromatic N) is 6. The Morgan fingerprint density at radius 3 is 2.37 bits per heavy atom. The zero-order valence-electron chi connectivity index (χ0n) is 19.8. The molecule has 5 aromatic rings. The van der Waals surface area contributed by atoms with Crippen molar-refractivity contribution < 1.29 is 0 Å². The van der Waals surface area contributed by atoms with Crippen LogP contribution in [0.2, 0.25) is 0 Å². The molecule has 0 bridgehead atoms. The fourth-order valence-corrected chi connectivity index (χ4v) is 4.38. The van der Waals surface area contributed by atoms with Crippen LogP contribution in [-0.2, 0) is 13.1 Å². The number of nitrogens with one attached hydrogen (secondary N) is 2. The van der Waals surface area contributed by atoms with Crippen LogP contribution >= 0.6 is 0 Å². The van der Waals surface area contributed by atoms with Gasteiger partial charge < -0.3 is 4.57 Å². The minimum Gasteiger partial charge on any atom is -0.317 e. The van der Waals surface area contributed by atoms with Crippen molar-refractivity contribution in [3.05, 3.63) is 80.8 Å². The van der Waals surface area contributed by atoms with Crippen LogP contribution in [-0.4, -0.2) is 39.7 Å². The van der Waals surface area contributed by atoms with Gasteiger partial charge in [-0.05, 0) is 33.5 Å². The molecule has 2 N–H and O–H groups in total. The van der Waals surface area contributed by atoms with E-state index < -0.39 is 5.69 Å². The van der Waals surface area contributed by atoms with Gasteiger partial charge in [0.25, 0.3) is 5.56 Å². The molecular formula is C25H26N8O2. The first kappa shape index (κ1) is 22.5. The molecule has 10 nitrogen and oxygen atoms in total. The maximum absolute atomic E-state index is 13.2. The average molecular weight is 471 g/mol. The third kappa shape index (κ3) is 4.07. The summed E-state index contributed by atoms with van der Waals surface area (Å²) in [5, 5.41) is 14.2. The minimum absolute atomic E-state index is 0.0755. The Morgan fingerprint density at radius 1 is 0.971 bits per heavy atom. The van der Waals surface area contributed by atoms with Crippen molar-refractivity contribution in [1.29, 1.82) is 0 Å². The lowest BCUT2D eigenvalue weighted by atomic mass is 9.98. The van der Waals surface area contributed by atoms with Gasteiger partial charge in [0, 0.05) is 24.6 Å². The average Bonchev–Trinajstić information content (AvgIpc) is 3.51. The number of aromatic amines is 2. The summed E-state index contributed by atoms with van der Waals surface area (Å²) in [4.78, 5) is 33.1. The van der Waals surface area contributed by atoms with Crippen LogP contribution in [0, 0.1) is 0 Å².